The molecule has 0 radical (unpaired) electrons. The SMILES string of the molecule is Cc1ccc(CNC(=O)C2CCN(C(=O)C3(N)CCOCC3)CC2)cc1. The Morgan fingerprint density at radius 3 is 2.42 bits per heavy atom. The molecule has 1 aromatic rings. The smallest absolute Gasteiger partial charge is 0.242 e. The molecular weight excluding hydrogens is 330 g/mol. The topological polar surface area (TPSA) is 84.7 Å². The highest BCUT2D eigenvalue weighted by molar-refractivity contribution is 5.86. The third-order valence-electron chi connectivity index (χ3n) is 5.55. The van der Waals surface area contributed by atoms with Gasteiger partial charge in [-0.3, -0.25) is 9.59 Å². The summed E-state index contributed by atoms with van der Waals surface area (Å²) in [5.41, 5.74) is 7.81. The molecule has 3 rings (SSSR count). The minimum Gasteiger partial charge on any atom is -0.381 e. The van der Waals surface area contributed by atoms with Crippen molar-refractivity contribution in [1.29, 1.82) is 0 Å². The summed E-state index contributed by atoms with van der Waals surface area (Å²) in [6, 6.07) is 8.16. The summed E-state index contributed by atoms with van der Waals surface area (Å²) in [4.78, 5) is 27.0. The quantitative estimate of drug-likeness (QED) is 0.850. The zero-order chi connectivity index (χ0) is 18.6. The van der Waals surface area contributed by atoms with Crippen LogP contribution in [0.5, 0.6) is 0 Å². The zero-order valence-electron chi connectivity index (χ0n) is 15.5. The Morgan fingerprint density at radius 2 is 1.81 bits per heavy atom. The largest absolute Gasteiger partial charge is 0.381 e. The van der Waals surface area contributed by atoms with Gasteiger partial charge in [-0.2, -0.15) is 0 Å². The van der Waals surface area contributed by atoms with Crippen molar-refractivity contribution in [3.8, 4) is 0 Å². The Bertz CT molecular complexity index is 630. The molecule has 2 saturated heterocycles. The number of nitrogens with one attached hydrogen (secondary N) is 1. The third kappa shape index (κ3) is 4.43. The van der Waals surface area contributed by atoms with Gasteiger partial charge in [0.2, 0.25) is 11.8 Å². The van der Waals surface area contributed by atoms with Crippen LogP contribution in [0.15, 0.2) is 24.3 Å². The van der Waals surface area contributed by atoms with E-state index >= 15 is 0 Å². The number of amides is 2. The van der Waals surface area contributed by atoms with Crippen molar-refractivity contribution in [2.75, 3.05) is 26.3 Å². The monoisotopic (exact) mass is 359 g/mol. The van der Waals surface area contributed by atoms with Gasteiger partial charge in [0.25, 0.3) is 0 Å². The van der Waals surface area contributed by atoms with Gasteiger partial charge in [0.1, 0.15) is 0 Å². The first-order chi connectivity index (χ1) is 12.5. The van der Waals surface area contributed by atoms with Crippen LogP contribution < -0.4 is 11.1 Å². The van der Waals surface area contributed by atoms with Crippen LogP contribution in [0.4, 0.5) is 0 Å². The van der Waals surface area contributed by atoms with E-state index in [0.29, 0.717) is 58.5 Å². The van der Waals surface area contributed by atoms with Crippen LogP contribution in [-0.4, -0.2) is 48.6 Å². The van der Waals surface area contributed by atoms with Crippen LogP contribution in [0.1, 0.15) is 36.8 Å². The second-order valence-electron chi connectivity index (χ2n) is 7.54. The van der Waals surface area contributed by atoms with E-state index < -0.39 is 5.54 Å². The van der Waals surface area contributed by atoms with Gasteiger partial charge in [0.05, 0.1) is 5.54 Å². The average molecular weight is 359 g/mol. The Kier molecular flexibility index (Phi) is 5.94. The minimum atomic E-state index is -0.793. The second-order valence-corrected chi connectivity index (χ2v) is 7.54. The molecule has 3 N–H and O–H groups in total. The third-order valence-corrected chi connectivity index (χ3v) is 5.55. The number of carbonyl (C=O) groups excluding carboxylic acids is 2. The van der Waals surface area contributed by atoms with Crippen LogP contribution in [0.3, 0.4) is 0 Å². The first kappa shape index (κ1) is 18.9. The second kappa shape index (κ2) is 8.18. The van der Waals surface area contributed by atoms with Gasteiger partial charge in [-0.05, 0) is 38.2 Å². The minimum absolute atomic E-state index is 0.0133. The number of nitrogens with zero attached hydrogens (tertiary/aromatic N) is 1. The molecule has 2 aliphatic heterocycles. The van der Waals surface area contributed by atoms with Crippen molar-refractivity contribution >= 4 is 11.8 Å². The number of rotatable bonds is 4. The molecule has 1 aromatic carbocycles. The van der Waals surface area contributed by atoms with Crippen molar-refractivity contribution in [3.63, 3.8) is 0 Å². The maximum atomic E-state index is 12.7. The predicted molar refractivity (Wildman–Crippen MR) is 99.3 cm³/mol. The predicted octanol–water partition coefficient (Wildman–Crippen LogP) is 1.36. The Balaban J connectivity index is 1.46. The molecule has 0 saturated carbocycles. The van der Waals surface area contributed by atoms with Gasteiger partial charge in [-0.1, -0.05) is 29.8 Å². The van der Waals surface area contributed by atoms with E-state index in [0.717, 1.165) is 5.56 Å². The number of aryl methyl sites for hydroxylation is 1. The van der Waals surface area contributed by atoms with Crippen molar-refractivity contribution in [2.24, 2.45) is 11.7 Å². The van der Waals surface area contributed by atoms with E-state index in [-0.39, 0.29) is 17.7 Å². The lowest BCUT2D eigenvalue weighted by Crippen LogP contribution is -2.59. The number of likely N-dealkylation sites (tertiary alicyclic amines) is 1. The molecule has 0 spiro atoms. The molecule has 0 atom stereocenters. The number of ether oxygens (including phenoxy) is 1. The number of piperidine rings is 1. The Hall–Kier alpha value is -1.92. The molecule has 142 valence electrons. The summed E-state index contributed by atoms with van der Waals surface area (Å²) in [5.74, 6) is 0.0541. The molecule has 6 heteroatoms. The highest BCUT2D eigenvalue weighted by Gasteiger charge is 2.40. The van der Waals surface area contributed by atoms with Crippen molar-refractivity contribution in [3.05, 3.63) is 35.4 Å². The van der Waals surface area contributed by atoms with Gasteiger partial charge in [-0.15, -0.1) is 0 Å². The van der Waals surface area contributed by atoms with E-state index in [1.54, 1.807) is 0 Å². The molecule has 0 bridgehead atoms. The van der Waals surface area contributed by atoms with Crippen LogP contribution in [0.2, 0.25) is 0 Å². The summed E-state index contributed by atoms with van der Waals surface area (Å²) >= 11 is 0. The molecule has 0 aliphatic carbocycles. The lowest BCUT2D eigenvalue weighted by atomic mass is 9.87. The fourth-order valence-corrected chi connectivity index (χ4v) is 3.65. The molecule has 2 heterocycles. The average Bonchev–Trinajstić information content (AvgIpc) is 2.67. The molecule has 6 nitrogen and oxygen atoms in total. The number of nitrogens with two attached hydrogens (primary N) is 1. The standard InChI is InChI=1S/C20H29N3O3/c1-15-2-4-16(5-3-15)14-22-18(24)17-6-10-23(11-7-17)19(25)20(21)8-12-26-13-9-20/h2-5,17H,6-14,21H2,1H3,(H,22,24). The van der Waals surface area contributed by atoms with Gasteiger partial charge in [-0.25, -0.2) is 0 Å². The lowest BCUT2D eigenvalue weighted by Gasteiger charge is -2.39. The maximum Gasteiger partial charge on any atom is 0.242 e. The molecule has 2 amide bonds. The van der Waals surface area contributed by atoms with Gasteiger partial charge in [0, 0.05) is 38.8 Å². The highest BCUT2D eigenvalue weighted by atomic mass is 16.5. The molecule has 26 heavy (non-hydrogen) atoms. The van der Waals surface area contributed by atoms with Crippen molar-refractivity contribution in [2.45, 2.75) is 44.7 Å². The summed E-state index contributed by atoms with van der Waals surface area (Å²) < 4.78 is 5.32. The van der Waals surface area contributed by atoms with E-state index in [1.165, 1.54) is 5.56 Å². The number of benzene rings is 1. The summed E-state index contributed by atoms with van der Waals surface area (Å²) in [7, 11) is 0. The van der Waals surface area contributed by atoms with Crippen LogP contribution in [0, 0.1) is 12.8 Å². The van der Waals surface area contributed by atoms with Crippen molar-refractivity contribution in [1.82, 2.24) is 10.2 Å². The fourth-order valence-electron chi connectivity index (χ4n) is 3.65. The molecule has 2 fully saturated rings. The highest BCUT2D eigenvalue weighted by Crippen LogP contribution is 2.24. The molecule has 2 aliphatic rings. The molecule has 0 aromatic heterocycles. The first-order valence-electron chi connectivity index (χ1n) is 9.47. The van der Waals surface area contributed by atoms with Gasteiger partial charge in [0.15, 0.2) is 0 Å². The normalized spacial score (nSPS) is 20.6. The van der Waals surface area contributed by atoms with E-state index in [2.05, 4.69) is 5.32 Å². The van der Waals surface area contributed by atoms with E-state index in [1.807, 2.05) is 36.1 Å². The first-order valence-corrected chi connectivity index (χ1v) is 9.47. The Labute approximate surface area is 155 Å². The lowest BCUT2D eigenvalue weighted by molar-refractivity contribution is -0.143. The zero-order valence-corrected chi connectivity index (χ0v) is 15.5. The van der Waals surface area contributed by atoms with Crippen LogP contribution >= 0.6 is 0 Å². The van der Waals surface area contributed by atoms with Gasteiger partial charge >= 0.3 is 0 Å². The number of carbonyl (C=O) groups is 2. The van der Waals surface area contributed by atoms with E-state index in [9.17, 15) is 9.59 Å². The van der Waals surface area contributed by atoms with Crippen LogP contribution in [0.25, 0.3) is 0 Å². The van der Waals surface area contributed by atoms with E-state index in [4.69, 9.17) is 10.5 Å². The molecular formula is C20H29N3O3. The van der Waals surface area contributed by atoms with Crippen LogP contribution in [-0.2, 0) is 20.9 Å². The summed E-state index contributed by atoms with van der Waals surface area (Å²) in [5, 5.41) is 3.02. The molecule has 0 unspecified atom stereocenters. The maximum absolute atomic E-state index is 12.7. The number of hydrogen-bond acceptors (Lipinski definition) is 4. The van der Waals surface area contributed by atoms with Gasteiger partial charge < -0.3 is 20.7 Å². The fraction of sp³-hybridized carbons (Fsp3) is 0.600. The summed E-state index contributed by atoms with van der Waals surface area (Å²) in [6.45, 7) is 4.87. The Morgan fingerprint density at radius 1 is 1.19 bits per heavy atom. The van der Waals surface area contributed by atoms with Crippen molar-refractivity contribution < 1.29 is 14.3 Å². The summed E-state index contributed by atoms with van der Waals surface area (Å²) in [6.07, 6.45) is 2.53. The number of hydrogen-bond donors (Lipinski definition) is 2.